The third kappa shape index (κ3) is 2.67. The van der Waals surface area contributed by atoms with E-state index < -0.39 is 0 Å². The van der Waals surface area contributed by atoms with Gasteiger partial charge in [0.25, 0.3) is 0 Å². The fourth-order valence-corrected chi connectivity index (χ4v) is 4.51. The minimum absolute atomic E-state index is 0.466. The molecule has 1 aromatic carbocycles. The average Bonchev–Trinajstić information content (AvgIpc) is 3.24. The zero-order valence-corrected chi connectivity index (χ0v) is 13.0. The van der Waals surface area contributed by atoms with Gasteiger partial charge in [-0.3, -0.25) is 0 Å². The number of ether oxygens (including phenoxy) is 1. The highest BCUT2D eigenvalue weighted by molar-refractivity contribution is 7.10. The summed E-state index contributed by atoms with van der Waals surface area (Å²) in [6.45, 7) is 0.829. The van der Waals surface area contributed by atoms with Crippen molar-refractivity contribution in [3.8, 4) is 5.75 Å². The van der Waals surface area contributed by atoms with E-state index in [1.54, 1.807) is 0 Å². The fraction of sp³-hybridized carbons (Fsp3) is 0.444. The minimum atomic E-state index is 0.466. The van der Waals surface area contributed by atoms with Gasteiger partial charge in [-0.15, -0.1) is 11.3 Å². The van der Waals surface area contributed by atoms with Crippen LogP contribution in [-0.2, 0) is 6.42 Å². The lowest BCUT2D eigenvalue weighted by atomic mass is 9.96. The minimum Gasteiger partial charge on any atom is -0.493 e. The molecular weight excluding hydrogens is 278 g/mol. The van der Waals surface area contributed by atoms with Crippen molar-refractivity contribution >= 4 is 17.0 Å². The van der Waals surface area contributed by atoms with Crippen molar-refractivity contribution in [2.75, 3.05) is 11.9 Å². The summed E-state index contributed by atoms with van der Waals surface area (Å²) < 4.78 is 5.60. The van der Waals surface area contributed by atoms with Crippen LogP contribution in [0.2, 0.25) is 0 Å². The summed E-state index contributed by atoms with van der Waals surface area (Å²) in [5, 5.41) is 6.00. The number of fused-ring (bicyclic) bond motifs is 1. The van der Waals surface area contributed by atoms with Crippen molar-refractivity contribution in [1.29, 1.82) is 0 Å². The number of nitrogens with one attached hydrogen (secondary N) is 1. The predicted octanol–water partition coefficient (Wildman–Crippen LogP) is 5.03. The fourth-order valence-electron chi connectivity index (χ4n) is 3.64. The summed E-state index contributed by atoms with van der Waals surface area (Å²) in [5.74, 6) is 1.84. The van der Waals surface area contributed by atoms with E-state index in [0.29, 0.717) is 6.04 Å². The third-order valence-corrected chi connectivity index (χ3v) is 5.69. The molecule has 3 heteroatoms. The van der Waals surface area contributed by atoms with Crippen LogP contribution in [0.5, 0.6) is 5.75 Å². The first kappa shape index (κ1) is 13.2. The van der Waals surface area contributed by atoms with E-state index in [2.05, 4.69) is 41.0 Å². The van der Waals surface area contributed by atoms with E-state index in [0.717, 1.165) is 24.7 Å². The summed E-state index contributed by atoms with van der Waals surface area (Å²) in [7, 11) is 0. The van der Waals surface area contributed by atoms with Crippen LogP contribution in [0.15, 0.2) is 35.7 Å². The number of thiophene rings is 1. The van der Waals surface area contributed by atoms with Crippen LogP contribution in [-0.4, -0.2) is 6.61 Å². The molecule has 2 heterocycles. The standard InChI is InChI=1S/C18H21NOS/c1-2-5-13(4-1)18(17-6-3-11-21-17)19-15-7-8-16-14(12-15)9-10-20-16/h3,6-8,11-13,18-19H,1-2,4-5,9-10H2. The van der Waals surface area contributed by atoms with Crippen molar-refractivity contribution in [3.05, 3.63) is 46.2 Å². The number of hydrogen-bond acceptors (Lipinski definition) is 3. The van der Waals surface area contributed by atoms with Gasteiger partial charge in [0.1, 0.15) is 5.75 Å². The van der Waals surface area contributed by atoms with Gasteiger partial charge in [-0.05, 0) is 54.0 Å². The maximum absolute atomic E-state index is 5.60. The quantitative estimate of drug-likeness (QED) is 0.855. The molecule has 2 aromatic rings. The molecule has 1 aromatic heterocycles. The van der Waals surface area contributed by atoms with E-state index in [1.165, 1.54) is 41.8 Å². The summed E-state index contributed by atoms with van der Waals surface area (Å²) in [6, 6.07) is 11.5. The molecule has 1 aliphatic heterocycles. The van der Waals surface area contributed by atoms with Gasteiger partial charge in [0.05, 0.1) is 12.6 Å². The molecule has 21 heavy (non-hydrogen) atoms. The Kier molecular flexibility index (Phi) is 3.60. The molecule has 1 atom stereocenters. The second-order valence-corrected chi connectivity index (χ2v) is 7.08. The lowest BCUT2D eigenvalue weighted by Gasteiger charge is -2.25. The maximum Gasteiger partial charge on any atom is 0.122 e. The number of benzene rings is 1. The predicted molar refractivity (Wildman–Crippen MR) is 88.3 cm³/mol. The van der Waals surface area contributed by atoms with Crippen LogP contribution >= 0.6 is 11.3 Å². The summed E-state index contributed by atoms with van der Waals surface area (Å²) in [6.07, 6.45) is 6.50. The Bertz CT molecular complexity index is 602. The van der Waals surface area contributed by atoms with E-state index in [4.69, 9.17) is 4.74 Å². The van der Waals surface area contributed by atoms with Crippen LogP contribution in [0.1, 0.15) is 42.2 Å². The van der Waals surface area contributed by atoms with Crippen LogP contribution in [0.25, 0.3) is 0 Å². The molecule has 0 radical (unpaired) electrons. The molecule has 110 valence electrons. The highest BCUT2D eigenvalue weighted by Crippen LogP contribution is 2.40. The summed E-state index contributed by atoms with van der Waals surface area (Å²) >= 11 is 1.88. The lowest BCUT2D eigenvalue weighted by molar-refractivity contribution is 0.357. The van der Waals surface area contributed by atoms with E-state index in [1.807, 2.05) is 11.3 Å². The molecule has 0 spiro atoms. The van der Waals surface area contributed by atoms with Crippen LogP contribution in [0.3, 0.4) is 0 Å². The van der Waals surface area contributed by atoms with E-state index in [-0.39, 0.29) is 0 Å². The number of anilines is 1. The highest BCUT2D eigenvalue weighted by Gasteiger charge is 2.27. The Morgan fingerprint density at radius 1 is 1.19 bits per heavy atom. The Balaban J connectivity index is 1.59. The molecule has 1 unspecified atom stereocenters. The normalized spacial score (nSPS) is 19.2. The van der Waals surface area contributed by atoms with Crippen molar-refractivity contribution in [3.63, 3.8) is 0 Å². The molecule has 4 rings (SSSR count). The van der Waals surface area contributed by atoms with E-state index >= 15 is 0 Å². The Morgan fingerprint density at radius 3 is 2.90 bits per heavy atom. The van der Waals surface area contributed by atoms with Gasteiger partial charge in [0.15, 0.2) is 0 Å². The number of rotatable bonds is 4. The first-order valence-corrected chi connectivity index (χ1v) is 8.84. The van der Waals surface area contributed by atoms with Gasteiger partial charge >= 0.3 is 0 Å². The maximum atomic E-state index is 5.60. The summed E-state index contributed by atoms with van der Waals surface area (Å²) in [5.41, 5.74) is 2.58. The van der Waals surface area contributed by atoms with Gasteiger partial charge in [-0.1, -0.05) is 18.9 Å². The second kappa shape index (κ2) is 5.72. The largest absolute Gasteiger partial charge is 0.493 e. The van der Waals surface area contributed by atoms with Crippen molar-refractivity contribution < 1.29 is 4.74 Å². The smallest absolute Gasteiger partial charge is 0.122 e. The first-order valence-electron chi connectivity index (χ1n) is 7.96. The van der Waals surface area contributed by atoms with Crippen LogP contribution in [0.4, 0.5) is 5.69 Å². The van der Waals surface area contributed by atoms with Crippen molar-refractivity contribution in [2.24, 2.45) is 5.92 Å². The molecule has 0 amide bonds. The van der Waals surface area contributed by atoms with Gasteiger partial charge in [-0.25, -0.2) is 0 Å². The first-order chi connectivity index (χ1) is 10.4. The average molecular weight is 299 g/mol. The Hall–Kier alpha value is -1.48. The van der Waals surface area contributed by atoms with E-state index in [9.17, 15) is 0 Å². The summed E-state index contributed by atoms with van der Waals surface area (Å²) in [4.78, 5) is 1.47. The Labute approximate surface area is 130 Å². The molecule has 1 fully saturated rings. The van der Waals surface area contributed by atoms with Crippen LogP contribution < -0.4 is 10.1 Å². The topological polar surface area (TPSA) is 21.3 Å². The molecule has 1 saturated carbocycles. The molecule has 0 bridgehead atoms. The molecule has 2 aliphatic rings. The Morgan fingerprint density at radius 2 is 2.10 bits per heavy atom. The van der Waals surface area contributed by atoms with Crippen molar-refractivity contribution in [1.82, 2.24) is 0 Å². The van der Waals surface area contributed by atoms with Crippen LogP contribution in [0, 0.1) is 5.92 Å². The molecule has 2 nitrogen and oxygen atoms in total. The molecule has 1 aliphatic carbocycles. The van der Waals surface area contributed by atoms with Gasteiger partial charge in [0, 0.05) is 17.0 Å². The third-order valence-electron chi connectivity index (χ3n) is 4.73. The zero-order chi connectivity index (χ0) is 14.1. The SMILES string of the molecule is c1csc(C(Nc2ccc3c(c2)CCO3)C2CCCC2)c1. The lowest BCUT2D eigenvalue weighted by Crippen LogP contribution is -2.18. The van der Waals surface area contributed by atoms with Gasteiger partial charge in [-0.2, -0.15) is 0 Å². The molecular formula is C18H21NOS. The van der Waals surface area contributed by atoms with Gasteiger partial charge < -0.3 is 10.1 Å². The van der Waals surface area contributed by atoms with Crippen molar-refractivity contribution in [2.45, 2.75) is 38.1 Å². The highest BCUT2D eigenvalue weighted by atomic mass is 32.1. The molecule has 0 saturated heterocycles. The van der Waals surface area contributed by atoms with Gasteiger partial charge in [0.2, 0.25) is 0 Å². The molecule has 1 N–H and O–H groups in total. The monoisotopic (exact) mass is 299 g/mol. The number of hydrogen-bond donors (Lipinski definition) is 1. The zero-order valence-electron chi connectivity index (χ0n) is 12.2. The second-order valence-electron chi connectivity index (χ2n) is 6.10.